The Labute approximate surface area is 106 Å². The molecule has 3 heteroatoms. The summed E-state index contributed by atoms with van der Waals surface area (Å²) in [7, 11) is 2.23. The van der Waals surface area contributed by atoms with Crippen molar-refractivity contribution in [2.45, 2.75) is 44.6 Å². The Hall–Kier alpha value is -0.120. The SMILES string of the molecule is CN1CCC(CCN2CCC(C)(O)CC2)CC1. The van der Waals surface area contributed by atoms with Gasteiger partial charge in [-0.3, -0.25) is 0 Å². The maximum absolute atomic E-state index is 9.91. The Kier molecular flexibility index (Phi) is 4.45. The molecule has 100 valence electrons. The molecule has 0 aliphatic carbocycles. The highest BCUT2D eigenvalue weighted by Crippen LogP contribution is 2.24. The van der Waals surface area contributed by atoms with Gasteiger partial charge in [0, 0.05) is 13.1 Å². The summed E-state index contributed by atoms with van der Waals surface area (Å²) in [6.45, 7) is 7.93. The van der Waals surface area contributed by atoms with Crippen molar-refractivity contribution in [3.8, 4) is 0 Å². The minimum Gasteiger partial charge on any atom is -0.390 e. The van der Waals surface area contributed by atoms with E-state index in [4.69, 9.17) is 0 Å². The molecule has 2 aliphatic heterocycles. The summed E-state index contributed by atoms with van der Waals surface area (Å²) in [6.07, 6.45) is 6.00. The summed E-state index contributed by atoms with van der Waals surface area (Å²) in [5.41, 5.74) is -0.399. The van der Waals surface area contributed by atoms with Crippen molar-refractivity contribution in [2.75, 3.05) is 39.8 Å². The quantitative estimate of drug-likeness (QED) is 0.811. The van der Waals surface area contributed by atoms with Crippen LogP contribution in [0, 0.1) is 5.92 Å². The summed E-state index contributed by atoms with van der Waals surface area (Å²) in [5, 5.41) is 9.91. The molecule has 0 aromatic heterocycles. The first-order valence-electron chi connectivity index (χ1n) is 7.18. The van der Waals surface area contributed by atoms with E-state index < -0.39 is 5.60 Å². The zero-order chi connectivity index (χ0) is 12.3. The topological polar surface area (TPSA) is 26.7 Å². The van der Waals surface area contributed by atoms with E-state index in [-0.39, 0.29) is 0 Å². The number of hydrogen-bond acceptors (Lipinski definition) is 3. The highest BCUT2D eigenvalue weighted by Gasteiger charge is 2.27. The maximum atomic E-state index is 9.91. The zero-order valence-electron chi connectivity index (χ0n) is 11.5. The first kappa shape index (κ1) is 13.3. The third-order valence-electron chi connectivity index (χ3n) is 4.62. The van der Waals surface area contributed by atoms with Crippen molar-refractivity contribution in [1.29, 1.82) is 0 Å². The highest BCUT2D eigenvalue weighted by atomic mass is 16.3. The molecule has 0 radical (unpaired) electrons. The van der Waals surface area contributed by atoms with Crippen molar-refractivity contribution >= 4 is 0 Å². The van der Waals surface area contributed by atoms with E-state index in [1.807, 2.05) is 6.92 Å². The maximum Gasteiger partial charge on any atom is 0.0644 e. The van der Waals surface area contributed by atoms with Crippen LogP contribution < -0.4 is 0 Å². The van der Waals surface area contributed by atoms with Crippen LogP contribution in [0.25, 0.3) is 0 Å². The second-order valence-corrected chi connectivity index (χ2v) is 6.37. The lowest BCUT2D eigenvalue weighted by atomic mass is 9.91. The second-order valence-electron chi connectivity index (χ2n) is 6.37. The van der Waals surface area contributed by atoms with Crippen LogP contribution >= 0.6 is 0 Å². The van der Waals surface area contributed by atoms with E-state index in [2.05, 4.69) is 16.8 Å². The fourth-order valence-electron chi connectivity index (χ4n) is 2.97. The molecule has 1 N–H and O–H groups in total. The number of piperidine rings is 2. The fraction of sp³-hybridized carbons (Fsp3) is 1.00. The molecule has 0 unspecified atom stereocenters. The van der Waals surface area contributed by atoms with E-state index in [0.29, 0.717) is 0 Å². The van der Waals surface area contributed by atoms with Crippen LogP contribution in [0.4, 0.5) is 0 Å². The Bertz CT molecular complexity index is 224. The van der Waals surface area contributed by atoms with Crippen LogP contribution in [0.2, 0.25) is 0 Å². The monoisotopic (exact) mass is 240 g/mol. The Balaban J connectivity index is 1.63. The van der Waals surface area contributed by atoms with Gasteiger partial charge in [-0.1, -0.05) is 0 Å². The first-order valence-corrected chi connectivity index (χ1v) is 7.18. The van der Waals surface area contributed by atoms with E-state index in [9.17, 15) is 5.11 Å². The van der Waals surface area contributed by atoms with E-state index in [0.717, 1.165) is 31.8 Å². The minimum atomic E-state index is -0.399. The molecule has 0 atom stereocenters. The van der Waals surface area contributed by atoms with Gasteiger partial charge in [0.15, 0.2) is 0 Å². The van der Waals surface area contributed by atoms with Crippen molar-refractivity contribution in [1.82, 2.24) is 9.80 Å². The molecule has 0 amide bonds. The molecular weight excluding hydrogens is 212 g/mol. The van der Waals surface area contributed by atoms with Gasteiger partial charge in [-0.25, -0.2) is 0 Å². The van der Waals surface area contributed by atoms with Gasteiger partial charge < -0.3 is 14.9 Å². The van der Waals surface area contributed by atoms with Crippen molar-refractivity contribution in [3.05, 3.63) is 0 Å². The largest absolute Gasteiger partial charge is 0.390 e. The molecule has 17 heavy (non-hydrogen) atoms. The smallest absolute Gasteiger partial charge is 0.0644 e. The van der Waals surface area contributed by atoms with E-state index in [1.54, 1.807) is 0 Å². The van der Waals surface area contributed by atoms with E-state index in [1.165, 1.54) is 38.9 Å². The Morgan fingerprint density at radius 1 is 1.12 bits per heavy atom. The fourth-order valence-corrected chi connectivity index (χ4v) is 2.97. The minimum absolute atomic E-state index is 0.399. The lowest BCUT2D eigenvalue weighted by molar-refractivity contribution is -0.00684. The van der Waals surface area contributed by atoms with Gasteiger partial charge in [0.05, 0.1) is 5.60 Å². The van der Waals surface area contributed by atoms with Crippen molar-refractivity contribution < 1.29 is 5.11 Å². The third kappa shape index (κ3) is 4.23. The summed E-state index contributed by atoms with van der Waals surface area (Å²) >= 11 is 0. The van der Waals surface area contributed by atoms with Gasteiger partial charge in [-0.15, -0.1) is 0 Å². The molecule has 2 aliphatic rings. The predicted molar refractivity (Wildman–Crippen MR) is 71.1 cm³/mol. The standard InChI is InChI=1S/C14H28N2O/c1-14(17)6-11-16(12-7-14)10-5-13-3-8-15(2)9-4-13/h13,17H,3-12H2,1-2H3. The molecule has 0 aromatic carbocycles. The van der Waals surface area contributed by atoms with Crippen molar-refractivity contribution in [3.63, 3.8) is 0 Å². The Morgan fingerprint density at radius 3 is 2.29 bits per heavy atom. The van der Waals surface area contributed by atoms with Gasteiger partial charge in [-0.2, -0.15) is 0 Å². The molecule has 0 bridgehead atoms. The molecule has 2 fully saturated rings. The van der Waals surface area contributed by atoms with Gasteiger partial charge in [0.2, 0.25) is 0 Å². The summed E-state index contributed by atoms with van der Waals surface area (Å²) < 4.78 is 0. The summed E-state index contributed by atoms with van der Waals surface area (Å²) in [4.78, 5) is 4.98. The molecule has 0 spiro atoms. The molecule has 2 heterocycles. The predicted octanol–water partition coefficient (Wildman–Crippen LogP) is 1.57. The van der Waals surface area contributed by atoms with E-state index >= 15 is 0 Å². The van der Waals surface area contributed by atoms with Gasteiger partial charge in [0.25, 0.3) is 0 Å². The second kappa shape index (κ2) is 5.68. The highest BCUT2D eigenvalue weighted by molar-refractivity contribution is 4.82. The number of aliphatic hydroxyl groups is 1. The molecular formula is C14H28N2O. The van der Waals surface area contributed by atoms with Crippen LogP contribution in [0.1, 0.15) is 39.0 Å². The third-order valence-corrected chi connectivity index (χ3v) is 4.62. The first-order chi connectivity index (χ1) is 8.05. The van der Waals surface area contributed by atoms with Crippen LogP contribution in [0.3, 0.4) is 0 Å². The molecule has 3 nitrogen and oxygen atoms in total. The molecule has 2 rings (SSSR count). The van der Waals surface area contributed by atoms with Gasteiger partial charge in [0.1, 0.15) is 0 Å². The summed E-state index contributed by atoms with van der Waals surface area (Å²) in [5.74, 6) is 0.939. The van der Waals surface area contributed by atoms with Crippen LogP contribution in [-0.4, -0.2) is 60.3 Å². The van der Waals surface area contributed by atoms with Crippen molar-refractivity contribution in [2.24, 2.45) is 5.92 Å². The Morgan fingerprint density at radius 2 is 1.71 bits per heavy atom. The van der Waals surface area contributed by atoms with Crippen LogP contribution in [0.15, 0.2) is 0 Å². The number of rotatable bonds is 3. The summed E-state index contributed by atoms with van der Waals surface area (Å²) in [6, 6.07) is 0. The normalized spacial score (nSPS) is 28.4. The number of nitrogens with zero attached hydrogens (tertiary/aromatic N) is 2. The average Bonchev–Trinajstić information content (AvgIpc) is 2.30. The molecule has 0 saturated carbocycles. The zero-order valence-corrected chi connectivity index (χ0v) is 11.5. The molecule has 2 saturated heterocycles. The van der Waals surface area contributed by atoms with Crippen LogP contribution in [-0.2, 0) is 0 Å². The lowest BCUT2D eigenvalue weighted by Gasteiger charge is -2.37. The van der Waals surface area contributed by atoms with Crippen LogP contribution in [0.5, 0.6) is 0 Å². The molecule has 0 aromatic rings. The van der Waals surface area contributed by atoms with Gasteiger partial charge >= 0.3 is 0 Å². The lowest BCUT2D eigenvalue weighted by Crippen LogP contribution is -2.43. The number of likely N-dealkylation sites (tertiary alicyclic amines) is 2. The average molecular weight is 240 g/mol. The van der Waals surface area contributed by atoms with Gasteiger partial charge in [-0.05, 0) is 71.6 Å². The number of hydrogen-bond donors (Lipinski definition) is 1.